The first-order chi connectivity index (χ1) is 13.9. The number of hydrogen-bond acceptors (Lipinski definition) is 4. The fourth-order valence-corrected chi connectivity index (χ4v) is 5.88. The normalized spacial score (nSPS) is 24.7. The van der Waals surface area contributed by atoms with Crippen LogP contribution in [-0.4, -0.2) is 62.3 Å². The Morgan fingerprint density at radius 1 is 1.21 bits per heavy atom. The summed E-state index contributed by atoms with van der Waals surface area (Å²) in [5, 5.41) is 3.23. The fourth-order valence-electron chi connectivity index (χ4n) is 4.28. The highest BCUT2D eigenvalue weighted by Crippen LogP contribution is 2.23. The van der Waals surface area contributed by atoms with Crippen molar-refractivity contribution < 1.29 is 8.42 Å². The number of nitrogens with two attached hydrogens (primary N) is 1. The first kappa shape index (κ1) is 22.1. The Morgan fingerprint density at radius 2 is 1.93 bits per heavy atom. The predicted molar refractivity (Wildman–Crippen MR) is 117 cm³/mol. The number of piperidine rings is 1. The summed E-state index contributed by atoms with van der Waals surface area (Å²) >= 11 is 0. The highest BCUT2D eigenvalue weighted by Gasteiger charge is 2.28. The minimum absolute atomic E-state index is 0.353. The molecule has 3 rings (SSSR count). The van der Waals surface area contributed by atoms with Gasteiger partial charge < -0.3 is 11.1 Å². The quantitative estimate of drug-likeness (QED) is 0.519. The van der Waals surface area contributed by atoms with Gasteiger partial charge in [-0.1, -0.05) is 26.0 Å². The van der Waals surface area contributed by atoms with Crippen LogP contribution in [0.25, 0.3) is 0 Å². The molecule has 0 amide bonds. The van der Waals surface area contributed by atoms with E-state index in [0.29, 0.717) is 42.4 Å². The van der Waals surface area contributed by atoms with Crippen molar-refractivity contribution in [3.05, 3.63) is 29.8 Å². The predicted octanol–water partition coefficient (Wildman–Crippen LogP) is 2.00. The third kappa shape index (κ3) is 5.71. The van der Waals surface area contributed by atoms with E-state index >= 15 is 0 Å². The summed E-state index contributed by atoms with van der Waals surface area (Å²) in [5.74, 6) is 0.850. The van der Waals surface area contributed by atoms with Gasteiger partial charge in [0.15, 0.2) is 5.96 Å². The Balaban J connectivity index is 1.54. The van der Waals surface area contributed by atoms with E-state index in [9.17, 15) is 8.42 Å². The van der Waals surface area contributed by atoms with Crippen molar-refractivity contribution in [3.8, 4) is 0 Å². The second-order valence-electron chi connectivity index (χ2n) is 8.26. The van der Waals surface area contributed by atoms with Gasteiger partial charge >= 0.3 is 0 Å². The molecule has 8 heteroatoms. The summed E-state index contributed by atoms with van der Waals surface area (Å²) < 4.78 is 27.3. The molecule has 1 aromatic carbocycles. The van der Waals surface area contributed by atoms with Gasteiger partial charge in [-0.3, -0.25) is 4.90 Å². The molecular formula is C21H35N5O2S. The number of likely N-dealkylation sites (N-methyl/N-ethyl adjacent to an activating group) is 1. The molecule has 2 heterocycles. The number of aliphatic imine (C=N–C) groups is 1. The molecule has 3 N–H and O–H groups in total. The molecule has 2 fully saturated rings. The maximum atomic E-state index is 12.8. The average molecular weight is 422 g/mol. The SMILES string of the molecule is CCN1CCCC1CNC(N)=NCc1ccc(S(=O)(=O)N2CCCC(C)C2)cc1. The molecule has 2 aliphatic heterocycles. The van der Waals surface area contributed by atoms with E-state index < -0.39 is 10.0 Å². The van der Waals surface area contributed by atoms with Crippen molar-refractivity contribution in [2.24, 2.45) is 16.6 Å². The van der Waals surface area contributed by atoms with Crippen LogP contribution in [0.1, 0.15) is 45.1 Å². The van der Waals surface area contributed by atoms with Crippen LogP contribution in [0.4, 0.5) is 0 Å². The summed E-state index contributed by atoms with van der Waals surface area (Å²) in [5.41, 5.74) is 6.96. The molecule has 29 heavy (non-hydrogen) atoms. The van der Waals surface area contributed by atoms with E-state index in [1.807, 2.05) is 12.1 Å². The Morgan fingerprint density at radius 3 is 2.62 bits per heavy atom. The van der Waals surface area contributed by atoms with Crippen LogP contribution in [0.5, 0.6) is 0 Å². The van der Waals surface area contributed by atoms with Gasteiger partial charge in [0.2, 0.25) is 10.0 Å². The number of benzene rings is 1. The highest BCUT2D eigenvalue weighted by molar-refractivity contribution is 7.89. The Bertz CT molecular complexity index is 794. The van der Waals surface area contributed by atoms with Gasteiger partial charge in [-0.15, -0.1) is 0 Å². The molecule has 2 aliphatic rings. The second kappa shape index (κ2) is 9.91. The molecule has 162 valence electrons. The zero-order valence-corrected chi connectivity index (χ0v) is 18.5. The summed E-state index contributed by atoms with van der Waals surface area (Å²) in [4.78, 5) is 7.22. The topological polar surface area (TPSA) is 91.0 Å². The maximum Gasteiger partial charge on any atom is 0.243 e. The van der Waals surface area contributed by atoms with Crippen molar-refractivity contribution in [2.45, 2.75) is 57.0 Å². The third-order valence-electron chi connectivity index (χ3n) is 6.04. The molecule has 1 aromatic rings. The number of nitrogens with one attached hydrogen (secondary N) is 1. The van der Waals surface area contributed by atoms with Crippen molar-refractivity contribution in [1.82, 2.24) is 14.5 Å². The van der Waals surface area contributed by atoms with Crippen molar-refractivity contribution in [2.75, 3.05) is 32.7 Å². The highest BCUT2D eigenvalue weighted by atomic mass is 32.2. The second-order valence-corrected chi connectivity index (χ2v) is 10.2. The van der Waals surface area contributed by atoms with E-state index in [1.165, 1.54) is 12.8 Å². The molecule has 2 unspecified atom stereocenters. The van der Waals surface area contributed by atoms with E-state index in [-0.39, 0.29) is 0 Å². The van der Waals surface area contributed by atoms with Gasteiger partial charge in [0.05, 0.1) is 11.4 Å². The monoisotopic (exact) mass is 421 g/mol. The largest absolute Gasteiger partial charge is 0.370 e. The Hall–Kier alpha value is -1.64. The van der Waals surface area contributed by atoms with E-state index in [0.717, 1.165) is 38.0 Å². The molecule has 0 saturated carbocycles. The minimum atomic E-state index is -3.41. The van der Waals surface area contributed by atoms with E-state index in [1.54, 1.807) is 16.4 Å². The molecule has 2 atom stereocenters. The van der Waals surface area contributed by atoms with Gasteiger partial charge in [-0.05, 0) is 62.4 Å². The maximum absolute atomic E-state index is 12.8. The van der Waals surface area contributed by atoms with Crippen LogP contribution in [0.15, 0.2) is 34.2 Å². The smallest absolute Gasteiger partial charge is 0.243 e. The van der Waals surface area contributed by atoms with Crippen LogP contribution < -0.4 is 11.1 Å². The lowest BCUT2D eigenvalue weighted by molar-refractivity contribution is 0.267. The van der Waals surface area contributed by atoms with E-state index in [2.05, 4.69) is 29.1 Å². The summed E-state index contributed by atoms with van der Waals surface area (Å²) in [6.07, 6.45) is 4.45. The molecule has 0 aliphatic carbocycles. The van der Waals surface area contributed by atoms with Crippen LogP contribution in [0.2, 0.25) is 0 Å². The van der Waals surface area contributed by atoms with Gasteiger partial charge in [0.1, 0.15) is 0 Å². The van der Waals surface area contributed by atoms with Crippen LogP contribution in [0, 0.1) is 5.92 Å². The molecule has 0 aromatic heterocycles. The zero-order chi connectivity index (χ0) is 20.9. The number of hydrogen-bond donors (Lipinski definition) is 2. The molecule has 0 spiro atoms. The zero-order valence-electron chi connectivity index (χ0n) is 17.7. The van der Waals surface area contributed by atoms with Gasteiger partial charge in [-0.25, -0.2) is 13.4 Å². The molecule has 7 nitrogen and oxygen atoms in total. The van der Waals surface area contributed by atoms with Gasteiger partial charge in [-0.2, -0.15) is 4.31 Å². The number of likely N-dealkylation sites (tertiary alicyclic amines) is 1. The van der Waals surface area contributed by atoms with Crippen LogP contribution in [-0.2, 0) is 16.6 Å². The van der Waals surface area contributed by atoms with Crippen LogP contribution in [0.3, 0.4) is 0 Å². The Labute approximate surface area is 175 Å². The fraction of sp³-hybridized carbons (Fsp3) is 0.667. The number of nitrogens with zero attached hydrogens (tertiary/aromatic N) is 3. The minimum Gasteiger partial charge on any atom is -0.370 e. The molecule has 0 bridgehead atoms. The van der Waals surface area contributed by atoms with Crippen LogP contribution >= 0.6 is 0 Å². The summed E-state index contributed by atoms with van der Waals surface area (Å²) in [6, 6.07) is 7.54. The Kier molecular flexibility index (Phi) is 7.54. The standard InChI is InChI=1S/C21H35N5O2S/c1-3-25-12-5-7-19(25)15-24-21(22)23-14-18-8-10-20(11-9-18)29(27,28)26-13-4-6-17(2)16-26/h8-11,17,19H,3-7,12-16H2,1-2H3,(H3,22,23,24). The summed E-state index contributed by atoms with van der Waals surface area (Å²) in [6.45, 7) is 8.97. The molecular weight excluding hydrogens is 386 g/mol. The van der Waals surface area contributed by atoms with Crippen molar-refractivity contribution in [3.63, 3.8) is 0 Å². The molecule has 2 saturated heterocycles. The van der Waals surface area contributed by atoms with Gasteiger partial charge in [0.25, 0.3) is 0 Å². The number of rotatable bonds is 7. The number of guanidine groups is 1. The van der Waals surface area contributed by atoms with Gasteiger partial charge in [0, 0.05) is 25.7 Å². The lowest BCUT2D eigenvalue weighted by atomic mass is 10.0. The van der Waals surface area contributed by atoms with E-state index in [4.69, 9.17) is 5.73 Å². The van der Waals surface area contributed by atoms with Crippen molar-refractivity contribution >= 4 is 16.0 Å². The number of sulfonamides is 1. The third-order valence-corrected chi connectivity index (χ3v) is 7.92. The summed E-state index contributed by atoms with van der Waals surface area (Å²) in [7, 11) is -3.41. The average Bonchev–Trinajstić information content (AvgIpc) is 3.18. The first-order valence-corrected chi connectivity index (χ1v) is 12.2. The first-order valence-electron chi connectivity index (χ1n) is 10.8. The lowest BCUT2D eigenvalue weighted by Gasteiger charge is -2.30. The molecule has 0 radical (unpaired) electrons. The lowest BCUT2D eigenvalue weighted by Crippen LogP contribution is -2.42. The van der Waals surface area contributed by atoms with Crippen molar-refractivity contribution in [1.29, 1.82) is 0 Å².